The van der Waals surface area contributed by atoms with Crippen LogP contribution in [0.3, 0.4) is 0 Å². The summed E-state index contributed by atoms with van der Waals surface area (Å²) < 4.78 is 10.8. The first-order valence-corrected chi connectivity index (χ1v) is 6.91. The summed E-state index contributed by atoms with van der Waals surface area (Å²) in [5, 5.41) is 12.0. The van der Waals surface area contributed by atoms with Crippen LogP contribution >= 0.6 is 0 Å². The standard InChI is InChI=1S/C17H14N2O4/c1-22-14-7-8-15(23-2)17-16(14)12(9-10-18-17)11-5-3-4-6-13(11)19(20)21/h3-10H,1-2H3. The Morgan fingerprint density at radius 2 is 1.65 bits per heavy atom. The van der Waals surface area contributed by atoms with E-state index in [1.54, 1.807) is 56.8 Å². The van der Waals surface area contributed by atoms with Crippen LogP contribution in [0.25, 0.3) is 22.0 Å². The summed E-state index contributed by atoms with van der Waals surface area (Å²) in [6.07, 6.45) is 1.61. The Kier molecular flexibility index (Phi) is 3.80. The molecule has 0 saturated carbocycles. The number of hydrogen-bond acceptors (Lipinski definition) is 5. The SMILES string of the molecule is COc1ccc(OC)c2c(-c3ccccc3[N+](=O)[O-])ccnc12. The predicted octanol–water partition coefficient (Wildman–Crippen LogP) is 3.83. The normalized spacial score (nSPS) is 10.5. The van der Waals surface area contributed by atoms with Crippen molar-refractivity contribution in [2.75, 3.05) is 14.2 Å². The smallest absolute Gasteiger partial charge is 0.277 e. The third-order valence-electron chi connectivity index (χ3n) is 3.65. The lowest BCUT2D eigenvalue weighted by Gasteiger charge is -2.13. The Hall–Kier alpha value is -3.15. The molecule has 0 unspecified atom stereocenters. The molecule has 0 amide bonds. The van der Waals surface area contributed by atoms with Gasteiger partial charge in [-0.1, -0.05) is 12.1 Å². The minimum absolute atomic E-state index is 0.0323. The molecule has 0 radical (unpaired) electrons. The topological polar surface area (TPSA) is 74.5 Å². The van der Waals surface area contributed by atoms with Gasteiger partial charge in [0, 0.05) is 17.8 Å². The van der Waals surface area contributed by atoms with Crippen LogP contribution in [0.1, 0.15) is 0 Å². The number of nitro benzene ring substituents is 1. The molecule has 3 rings (SSSR count). The minimum Gasteiger partial charge on any atom is -0.496 e. The molecular formula is C17H14N2O4. The van der Waals surface area contributed by atoms with Crippen LogP contribution in [0, 0.1) is 10.1 Å². The van der Waals surface area contributed by atoms with Crippen molar-refractivity contribution in [2.45, 2.75) is 0 Å². The number of aromatic nitrogens is 1. The van der Waals surface area contributed by atoms with Gasteiger partial charge < -0.3 is 9.47 Å². The highest BCUT2D eigenvalue weighted by Crippen LogP contribution is 2.41. The number of nitro groups is 1. The summed E-state index contributed by atoms with van der Waals surface area (Å²) >= 11 is 0. The molecule has 0 N–H and O–H groups in total. The van der Waals surface area contributed by atoms with Gasteiger partial charge in [-0.3, -0.25) is 15.1 Å². The van der Waals surface area contributed by atoms with Crippen molar-refractivity contribution >= 4 is 16.6 Å². The molecule has 6 heteroatoms. The van der Waals surface area contributed by atoms with Gasteiger partial charge in [-0.25, -0.2) is 0 Å². The molecule has 3 aromatic rings. The number of pyridine rings is 1. The van der Waals surface area contributed by atoms with Crippen molar-refractivity contribution < 1.29 is 14.4 Å². The molecule has 0 aliphatic carbocycles. The highest BCUT2D eigenvalue weighted by atomic mass is 16.6. The van der Waals surface area contributed by atoms with Gasteiger partial charge in [-0.15, -0.1) is 0 Å². The Balaban J connectivity index is 2.42. The largest absolute Gasteiger partial charge is 0.496 e. The first-order chi connectivity index (χ1) is 11.2. The van der Waals surface area contributed by atoms with E-state index in [-0.39, 0.29) is 5.69 Å². The highest BCUT2D eigenvalue weighted by Gasteiger charge is 2.20. The van der Waals surface area contributed by atoms with Crippen molar-refractivity contribution in [1.82, 2.24) is 4.98 Å². The van der Waals surface area contributed by atoms with Crippen molar-refractivity contribution in [3.8, 4) is 22.6 Å². The first kappa shape index (κ1) is 14.8. The van der Waals surface area contributed by atoms with E-state index in [2.05, 4.69) is 4.98 Å². The van der Waals surface area contributed by atoms with E-state index in [4.69, 9.17) is 9.47 Å². The zero-order valence-electron chi connectivity index (χ0n) is 12.6. The lowest BCUT2D eigenvalue weighted by atomic mass is 9.99. The van der Waals surface area contributed by atoms with Crippen molar-refractivity contribution in [2.24, 2.45) is 0 Å². The second kappa shape index (κ2) is 5.92. The molecule has 1 heterocycles. The van der Waals surface area contributed by atoms with E-state index >= 15 is 0 Å². The van der Waals surface area contributed by atoms with Gasteiger partial charge in [-0.05, 0) is 24.3 Å². The Morgan fingerprint density at radius 1 is 0.957 bits per heavy atom. The van der Waals surface area contributed by atoms with E-state index in [0.717, 1.165) is 0 Å². The summed E-state index contributed by atoms with van der Waals surface area (Å²) in [5.41, 5.74) is 1.82. The van der Waals surface area contributed by atoms with Gasteiger partial charge in [0.15, 0.2) is 0 Å². The molecule has 1 aromatic heterocycles. The monoisotopic (exact) mass is 310 g/mol. The maximum absolute atomic E-state index is 11.3. The van der Waals surface area contributed by atoms with Gasteiger partial charge in [-0.2, -0.15) is 0 Å². The summed E-state index contributed by atoms with van der Waals surface area (Å²) in [6, 6.07) is 11.9. The van der Waals surface area contributed by atoms with E-state index in [9.17, 15) is 10.1 Å². The van der Waals surface area contributed by atoms with E-state index < -0.39 is 4.92 Å². The molecule has 0 saturated heterocycles. The van der Waals surface area contributed by atoms with Crippen LogP contribution in [0.4, 0.5) is 5.69 Å². The molecule has 0 fully saturated rings. The molecule has 116 valence electrons. The lowest BCUT2D eigenvalue weighted by Crippen LogP contribution is -1.96. The molecule has 0 bridgehead atoms. The maximum Gasteiger partial charge on any atom is 0.277 e. The zero-order valence-corrected chi connectivity index (χ0v) is 12.6. The minimum atomic E-state index is -0.395. The number of para-hydroxylation sites is 1. The fraction of sp³-hybridized carbons (Fsp3) is 0.118. The van der Waals surface area contributed by atoms with E-state index in [1.807, 2.05) is 0 Å². The average molecular weight is 310 g/mol. The fourth-order valence-corrected chi connectivity index (χ4v) is 2.63. The average Bonchev–Trinajstić information content (AvgIpc) is 2.60. The number of nitrogens with zero attached hydrogens (tertiary/aromatic N) is 2. The number of methoxy groups -OCH3 is 2. The third kappa shape index (κ3) is 2.44. The lowest BCUT2D eigenvalue weighted by molar-refractivity contribution is -0.384. The molecule has 0 atom stereocenters. The van der Waals surface area contributed by atoms with Gasteiger partial charge in [0.05, 0.1) is 30.1 Å². The molecule has 0 aliphatic heterocycles. The fourth-order valence-electron chi connectivity index (χ4n) is 2.63. The van der Waals surface area contributed by atoms with Crippen LogP contribution in [0.2, 0.25) is 0 Å². The van der Waals surface area contributed by atoms with Gasteiger partial charge in [0.1, 0.15) is 17.0 Å². The van der Waals surface area contributed by atoms with Crippen LogP contribution < -0.4 is 9.47 Å². The van der Waals surface area contributed by atoms with Crippen LogP contribution in [0.15, 0.2) is 48.7 Å². The van der Waals surface area contributed by atoms with Crippen molar-refractivity contribution in [3.63, 3.8) is 0 Å². The molecule has 23 heavy (non-hydrogen) atoms. The third-order valence-corrected chi connectivity index (χ3v) is 3.65. The Labute approximate surface area is 132 Å². The molecule has 0 aliphatic rings. The second-order valence-corrected chi connectivity index (χ2v) is 4.83. The summed E-state index contributed by atoms with van der Waals surface area (Å²) in [6.45, 7) is 0. The van der Waals surface area contributed by atoms with Crippen molar-refractivity contribution in [1.29, 1.82) is 0 Å². The van der Waals surface area contributed by atoms with Gasteiger partial charge in [0.25, 0.3) is 5.69 Å². The number of ether oxygens (including phenoxy) is 2. The predicted molar refractivity (Wildman–Crippen MR) is 86.9 cm³/mol. The van der Waals surface area contributed by atoms with Gasteiger partial charge >= 0.3 is 0 Å². The molecule has 2 aromatic carbocycles. The van der Waals surface area contributed by atoms with Crippen LogP contribution in [-0.4, -0.2) is 24.1 Å². The summed E-state index contributed by atoms with van der Waals surface area (Å²) in [7, 11) is 3.11. The zero-order chi connectivity index (χ0) is 16.4. The number of fused-ring (bicyclic) bond motifs is 1. The Morgan fingerprint density at radius 3 is 2.35 bits per heavy atom. The number of hydrogen-bond donors (Lipinski definition) is 0. The second-order valence-electron chi connectivity index (χ2n) is 4.83. The molecular weight excluding hydrogens is 296 g/mol. The van der Waals surface area contributed by atoms with Crippen LogP contribution in [-0.2, 0) is 0 Å². The summed E-state index contributed by atoms with van der Waals surface area (Å²) in [4.78, 5) is 15.3. The number of rotatable bonds is 4. The van der Waals surface area contributed by atoms with Crippen molar-refractivity contribution in [3.05, 3.63) is 58.8 Å². The first-order valence-electron chi connectivity index (χ1n) is 6.91. The quantitative estimate of drug-likeness (QED) is 0.541. The van der Waals surface area contributed by atoms with Crippen LogP contribution in [0.5, 0.6) is 11.5 Å². The summed E-state index contributed by atoms with van der Waals surface area (Å²) in [5.74, 6) is 1.17. The van der Waals surface area contributed by atoms with E-state index in [0.29, 0.717) is 33.5 Å². The number of benzene rings is 2. The molecule has 6 nitrogen and oxygen atoms in total. The Bertz CT molecular complexity index is 893. The molecule has 0 spiro atoms. The maximum atomic E-state index is 11.3. The van der Waals surface area contributed by atoms with Gasteiger partial charge in [0.2, 0.25) is 0 Å². The van der Waals surface area contributed by atoms with E-state index in [1.165, 1.54) is 6.07 Å². The highest BCUT2D eigenvalue weighted by molar-refractivity contribution is 6.03.